The van der Waals surface area contributed by atoms with Crippen LogP contribution in [0.5, 0.6) is 0 Å². The van der Waals surface area contributed by atoms with Gasteiger partial charge in [0.25, 0.3) is 0 Å². The van der Waals surface area contributed by atoms with Crippen LogP contribution in [0.3, 0.4) is 0 Å². The number of hydrogen-bond donors (Lipinski definition) is 0. The molecule has 29 heavy (non-hydrogen) atoms. The number of likely N-dealkylation sites (tertiary alicyclic amines) is 1. The summed E-state index contributed by atoms with van der Waals surface area (Å²) in [7, 11) is -3.14. The van der Waals surface area contributed by atoms with Crippen LogP contribution in [0, 0.1) is 0 Å². The normalized spacial score (nSPS) is 24.2. The zero-order chi connectivity index (χ0) is 20.5. The van der Waals surface area contributed by atoms with Crippen LogP contribution in [0.15, 0.2) is 24.3 Å². The second-order valence-electron chi connectivity index (χ2n) is 9.13. The third-order valence-electron chi connectivity index (χ3n) is 7.32. The topological polar surface area (TPSA) is 57.7 Å². The van der Waals surface area contributed by atoms with E-state index in [1.807, 2.05) is 11.8 Å². The summed E-state index contributed by atoms with van der Waals surface area (Å²) in [6.07, 6.45) is 7.18. The third-order valence-corrected chi connectivity index (χ3v) is 9.27. The van der Waals surface area contributed by atoms with Crippen molar-refractivity contribution < 1.29 is 13.2 Å². The largest absolute Gasteiger partial charge is 0.343 e. The maximum atomic E-state index is 12.8. The number of amides is 1. The highest BCUT2D eigenvalue weighted by Gasteiger charge is 2.47. The lowest BCUT2D eigenvalue weighted by molar-refractivity contribution is -0.130. The van der Waals surface area contributed by atoms with Crippen molar-refractivity contribution in [2.45, 2.75) is 69.6 Å². The van der Waals surface area contributed by atoms with Gasteiger partial charge in [0.15, 0.2) is 0 Å². The molecule has 1 amide bonds. The van der Waals surface area contributed by atoms with Crippen molar-refractivity contribution in [3.63, 3.8) is 0 Å². The lowest BCUT2D eigenvalue weighted by Crippen LogP contribution is -2.45. The van der Waals surface area contributed by atoms with Gasteiger partial charge in [-0.25, -0.2) is 12.7 Å². The van der Waals surface area contributed by atoms with Gasteiger partial charge in [0, 0.05) is 32.6 Å². The van der Waals surface area contributed by atoms with Gasteiger partial charge in [-0.15, -0.1) is 0 Å². The second kappa shape index (κ2) is 8.38. The molecule has 1 spiro atoms. The maximum Gasteiger partial charge on any atom is 0.223 e. The molecule has 0 unspecified atom stereocenters. The first kappa shape index (κ1) is 20.9. The number of carbonyl (C=O) groups excluding carboxylic acids is 1. The average Bonchev–Trinajstić information content (AvgIpc) is 3.35. The molecule has 1 aliphatic carbocycles. The first-order valence-electron chi connectivity index (χ1n) is 11.3. The molecule has 3 aliphatic rings. The van der Waals surface area contributed by atoms with Gasteiger partial charge in [-0.1, -0.05) is 37.6 Å². The van der Waals surface area contributed by atoms with Crippen molar-refractivity contribution in [1.29, 1.82) is 0 Å². The molecule has 1 atom stereocenters. The van der Waals surface area contributed by atoms with E-state index in [9.17, 15) is 13.2 Å². The molecule has 1 aromatic carbocycles. The number of carbonyl (C=O) groups is 1. The van der Waals surface area contributed by atoms with Crippen LogP contribution >= 0.6 is 0 Å². The molecule has 4 rings (SSSR count). The zero-order valence-corrected chi connectivity index (χ0v) is 18.4. The fourth-order valence-electron chi connectivity index (χ4n) is 5.64. The quantitative estimate of drug-likeness (QED) is 0.709. The molecule has 0 radical (unpaired) electrons. The van der Waals surface area contributed by atoms with E-state index in [-0.39, 0.29) is 17.1 Å². The van der Waals surface area contributed by atoms with Gasteiger partial charge in [0.05, 0.1) is 5.75 Å². The first-order valence-corrected chi connectivity index (χ1v) is 12.9. The van der Waals surface area contributed by atoms with E-state index in [1.54, 1.807) is 4.31 Å². The van der Waals surface area contributed by atoms with Crippen LogP contribution in [0.2, 0.25) is 0 Å². The third kappa shape index (κ3) is 4.11. The van der Waals surface area contributed by atoms with E-state index in [0.717, 1.165) is 58.0 Å². The van der Waals surface area contributed by atoms with Gasteiger partial charge in [0.2, 0.25) is 15.9 Å². The summed E-state index contributed by atoms with van der Waals surface area (Å²) in [5.41, 5.74) is 2.72. The van der Waals surface area contributed by atoms with Gasteiger partial charge >= 0.3 is 0 Å². The summed E-state index contributed by atoms with van der Waals surface area (Å²) in [4.78, 5) is 14.8. The van der Waals surface area contributed by atoms with Gasteiger partial charge in [-0.05, 0) is 61.0 Å². The SMILES string of the molecule is CCCCS(=O)(=O)N1CCC2(CC1)C[C@@H](CC(=O)N1CCCC1)c1ccccc12. The molecule has 2 fully saturated rings. The zero-order valence-electron chi connectivity index (χ0n) is 17.6. The van der Waals surface area contributed by atoms with Crippen molar-refractivity contribution in [2.75, 3.05) is 31.9 Å². The van der Waals surface area contributed by atoms with Gasteiger partial charge < -0.3 is 4.90 Å². The summed E-state index contributed by atoms with van der Waals surface area (Å²) in [5, 5.41) is 0. The minimum absolute atomic E-state index is 0.0311. The van der Waals surface area contributed by atoms with E-state index in [2.05, 4.69) is 24.3 Å². The Labute approximate surface area is 175 Å². The molecule has 1 aromatic rings. The predicted molar refractivity (Wildman–Crippen MR) is 115 cm³/mol. The van der Waals surface area contributed by atoms with Crippen LogP contribution in [0.4, 0.5) is 0 Å². The molecule has 6 heteroatoms. The molecule has 160 valence electrons. The summed E-state index contributed by atoms with van der Waals surface area (Å²) < 4.78 is 27.0. The lowest BCUT2D eigenvalue weighted by atomic mass is 9.73. The van der Waals surface area contributed by atoms with Crippen molar-refractivity contribution in [1.82, 2.24) is 9.21 Å². The Morgan fingerprint density at radius 3 is 2.48 bits per heavy atom. The molecule has 0 N–H and O–H groups in total. The van der Waals surface area contributed by atoms with Crippen molar-refractivity contribution in [2.24, 2.45) is 0 Å². The number of unbranched alkanes of at least 4 members (excludes halogenated alkanes) is 1. The second-order valence-corrected chi connectivity index (χ2v) is 11.2. The Morgan fingerprint density at radius 2 is 1.79 bits per heavy atom. The number of fused-ring (bicyclic) bond motifs is 2. The summed E-state index contributed by atoms with van der Waals surface area (Å²) in [6, 6.07) is 8.58. The minimum Gasteiger partial charge on any atom is -0.343 e. The van der Waals surface area contributed by atoms with E-state index in [0.29, 0.717) is 25.4 Å². The molecule has 0 saturated carbocycles. The molecule has 2 aliphatic heterocycles. The van der Waals surface area contributed by atoms with E-state index < -0.39 is 10.0 Å². The maximum absolute atomic E-state index is 12.8. The van der Waals surface area contributed by atoms with Crippen molar-refractivity contribution in [3.8, 4) is 0 Å². The minimum atomic E-state index is -3.14. The average molecular weight is 419 g/mol. The summed E-state index contributed by atoms with van der Waals surface area (Å²) >= 11 is 0. The summed E-state index contributed by atoms with van der Waals surface area (Å²) in [6.45, 7) is 5.05. The van der Waals surface area contributed by atoms with E-state index in [1.165, 1.54) is 11.1 Å². The highest BCUT2D eigenvalue weighted by atomic mass is 32.2. The van der Waals surface area contributed by atoms with Crippen molar-refractivity contribution >= 4 is 15.9 Å². The van der Waals surface area contributed by atoms with E-state index >= 15 is 0 Å². The number of piperidine rings is 1. The Morgan fingerprint density at radius 1 is 1.10 bits per heavy atom. The van der Waals surface area contributed by atoms with Crippen LogP contribution in [-0.4, -0.2) is 55.5 Å². The molecular weight excluding hydrogens is 384 g/mol. The van der Waals surface area contributed by atoms with E-state index in [4.69, 9.17) is 0 Å². The molecule has 0 bridgehead atoms. The highest BCUT2D eigenvalue weighted by Crippen LogP contribution is 2.53. The number of nitrogens with zero attached hydrogens (tertiary/aromatic N) is 2. The first-order chi connectivity index (χ1) is 14.0. The Balaban J connectivity index is 1.48. The number of hydrogen-bond acceptors (Lipinski definition) is 3. The number of benzene rings is 1. The van der Waals surface area contributed by atoms with Crippen LogP contribution in [0.25, 0.3) is 0 Å². The van der Waals surface area contributed by atoms with Gasteiger partial charge in [-0.3, -0.25) is 4.79 Å². The monoisotopic (exact) mass is 418 g/mol. The van der Waals surface area contributed by atoms with Gasteiger partial charge in [-0.2, -0.15) is 0 Å². The van der Waals surface area contributed by atoms with Crippen LogP contribution in [-0.2, 0) is 20.2 Å². The highest BCUT2D eigenvalue weighted by molar-refractivity contribution is 7.89. The predicted octanol–water partition coefficient (Wildman–Crippen LogP) is 3.65. The molecule has 5 nitrogen and oxygen atoms in total. The Bertz CT molecular complexity index is 837. The Kier molecular flexibility index (Phi) is 6.03. The smallest absolute Gasteiger partial charge is 0.223 e. The molecule has 2 saturated heterocycles. The lowest BCUT2D eigenvalue weighted by Gasteiger charge is -2.40. The van der Waals surface area contributed by atoms with Gasteiger partial charge in [0.1, 0.15) is 0 Å². The molecular formula is C23H34N2O3S. The fourth-order valence-corrected chi connectivity index (χ4v) is 7.29. The number of rotatable bonds is 6. The fraction of sp³-hybridized carbons (Fsp3) is 0.696. The Hall–Kier alpha value is -1.40. The van der Waals surface area contributed by atoms with Crippen LogP contribution < -0.4 is 0 Å². The summed E-state index contributed by atoms with van der Waals surface area (Å²) in [5.74, 6) is 0.821. The number of sulfonamides is 1. The standard InChI is InChI=1S/C23H34N2O3S/c1-2-3-16-29(27,28)25-14-10-23(11-15-25)18-19(20-8-4-5-9-21(20)23)17-22(26)24-12-6-7-13-24/h4-5,8-9,19H,2-3,6-7,10-18H2,1H3/t19-/m1/s1. The van der Waals surface area contributed by atoms with Crippen LogP contribution in [0.1, 0.15) is 75.3 Å². The molecule has 2 heterocycles. The molecule has 0 aromatic heterocycles. The van der Waals surface area contributed by atoms with Crippen molar-refractivity contribution in [3.05, 3.63) is 35.4 Å².